The van der Waals surface area contributed by atoms with Crippen molar-refractivity contribution in [3.05, 3.63) is 35.9 Å². The highest BCUT2D eigenvalue weighted by Crippen LogP contribution is 2.62. The van der Waals surface area contributed by atoms with Crippen LogP contribution in [0.4, 0.5) is 0 Å². The van der Waals surface area contributed by atoms with Gasteiger partial charge in [-0.25, -0.2) is 0 Å². The van der Waals surface area contributed by atoms with E-state index in [1.165, 1.54) is 4.90 Å². The van der Waals surface area contributed by atoms with Gasteiger partial charge in [0.2, 0.25) is 5.91 Å². The zero-order chi connectivity index (χ0) is 17.7. The molecule has 1 atom stereocenters. The minimum atomic E-state index is -3.53. The Labute approximate surface area is 139 Å². The fourth-order valence-corrected chi connectivity index (χ4v) is 4.57. The van der Waals surface area contributed by atoms with Crippen molar-refractivity contribution >= 4 is 13.5 Å². The standard InChI is InChI=1S/C17H28NO4P/c1-7-21-23(20,22-8-2)15(14-12-10-9-11-13-14)18(6)16(19)17(3,4)5/h9-13,15H,7-8H2,1-6H3. The molecule has 0 spiro atoms. The second kappa shape index (κ2) is 8.09. The molecule has 5 nitrogen and oxygen atoms in total. The molecule has 1 rings (SSSR count). The third-order valence-corrected chi connectivity index (χ3v) is 5.82. The minimum absolute atomic E-state index is 0.119. The van der Waals surface area contributed by atoms with Gasteiger partial charge < -0.3 is 13.9 Å². The molecule has 0 aliphatic rings. The zero-order valence-corrected chi connectivity index (χ0v) is 15.8. The van der Waals surface area contributed by atoms with E-state index in [9.17, 15) is 9.36 Å². The van der Waals surface area contributed by atoms with Crippen LogP contribution in [0.5, 0.6) is 0 Å². The lowest BCUT2D eigenvalue weighted by molar-refractivity contribution is -0.139. The summed E-state index contributed by atoms with van der Waals surface area (Å²) in [4.78, 5) is 14.2. The summed E-state index contributed by atoms with van der Waals surface area (Å²) in [7, 11) is -1.88. The van der Waals surface area contributed by atoms with Gasteiger partial charge in [-0.2, -0.15) is 0 Å². The first kappa shape index (κ1) is 19.9. The summed E-state index contributed by atoms with van der Waals surface area (Å²) in [6.07, 6.45) is 0. The molecule has 0 aromatic heterocycles. The molecule has 0 heterocycles. The van der Waals surface area contributed by atoms with Crippen LogP contribution in [0.2, 0.25) is 0 Å². The van der Waals surface area contributed by atoms with Crippen LogP contribution in [0.15, 0.2) is 30.3 Å². The number of nitrogens with zero attached hydrogens (tertiary/aromatic N) is 1. The number of benzene rings is 1. The summed E-state index contributed by atoms with van der Waals surface area (Å²) in [5.74, 6) is -0.888. The van der Waals surface area contributed by atoms with Crippen LogP contribution in [-0.2, 0) is 18.4 Å². The molecule has 0 aliphatic carbocycles. The summed E-state index contributed by atoms with van der Waals surface area (Å²) in [6.45, 7) is 9.52. The quantitative estimate of drug-likeness (QED) is 0.687. The molecule has 0 radical (unpaired) electrons. The molecular weight excluding hydrogens is 313 g/mol. The number of hydrogen-bond acceptors (Lipinski definition) is 4. The second-order valence-electron chi connectivity index (χ2n) is 6.33. The van der Waals surface area contributed by atoms with E-state index in [1.54, 1.807) is 20.9 Å². The van der Waals surface area contributed by atoms with E-state index in [4.69, 9.17) is 9.05 Å². The van der Waals surface area contributed by atoms with Crippen LogP contribution < -0.4 is 0 Å². The first-order chi connectivity index (χ1) is 10.7. The maximum atomic E-state index is 13.3. The molecule has 1 aromatic carbocycles. The Morgan fingerprint density at radius 1 is 1.13 bits per heavy atom. The van der Waals surface area contributed by atoms with Gasteiger partial charge in [0.05, 0.1) is 13.2 Å². The van der Waals surface area contributed by atoms with Gasteiger partial charge in [0.25, 0.3) is 0 Å². The third-order valence-electron chi connectivity index (χ3n) is 3.34. The van der Waals surface area contributed by atoms with Crippen molar-refractivity contribution in [1.82, 2.24) is 4.90 Å². The van der Waals surface area contributed by atoms with Crippen LogP contribution in [0, 0.1) is 5.41 Å². The highest BCUT2D eigenvalue weighted by atomic mass is 31.2. The summed E-state index contributed by atoms with van der Waals surface area (Å²) in [5.41, 5.74) is 0.142. The Bertz CT molecular complexity index is 543. The first-order valence-corrected chi connectivity index (χ1v) is 9.49. The second-order valence-corrected chi connectivity index (χ2v) is 8.41. The number of carbonyl (C=O) groups excluding carboxylic acids is 1. The lowest BCUT2D eigenvalue weighted by Gasteiger charge is -2.36. The molecule has 0 bridgehead atoms. The van der Waals surface area contributed by atoms with Crippen LogP contribution >= 0.6 is 7.60 Å². The highest BCUT2D eigenvalue weighted by molar-refractivity contribution is 7.54. The lowest BCUT2D eigenvalue weighted by atomic mass is 9.95. The van der Waals surface area contributed by atoms with E-state index in [0.29, 0.717) is 0 Å². The Hall–Kier alpha value is -1.16. The van der Waals surface area contributed by atoms with Crippen LogP contribution in [0.3, 0.4) is 0 Å². The summed E-state index contributed by atoms with van der Waals surface area (Å²) in [5, 5.41) is 0. The first-order valence-electron chi connectivity index (χ1n) is 7.88. The number of amides is 1. The maximum Gasteiger partial charge on any atom is 0.357 e. The molecule has 0 fully saturated rings. The monoisotopic (exact) mass is 341 g/mol. The average molecular weight is 341 g/mol. The van der Waals surface area contributed by atoms with Gasteiger partial charge in [0.15, 0.2) is 5.78 Å². The van der Waals surface area contributed by atoms with Crippen molar-refractivity contribution in [3.8, 4) is 0 Å². The van der Waals surface area contributed by atoms with E-state index in [0.717, 1.165) is 5.56 Å². The van der Waals surface area contributed by atoms with Gasteiger partial charge in [-0.05, 0) is 19.4 Å². The molecule has 6 heteroatoms. The van der Waals surface area contributed by atoms with E-state index in [1.807, 2.05) is 51.1 Å². The highest BCUT2D eigenvalue weighted by Gasteiger charge is 2.43. The molecule has 130 valence electrons. The van der Waals surface area contributed by atoms with Crippen molar-refractivity contribution in [1.29, 1.82) is 0 Å². The molecular formula is C17H28NO4P. The Morgan fingerprint density at radius 2 is 1.61 bits per heavy atom. The Morgan fingerprint density at radius 3 is 2.00 bits per heavy atom. The Kier molecular flexibility index (Phi) is 7.00. The van der Waals surface area contributed by atoms with Gasteiger partial charge in [-0.1, -0.05) is 51.1 Å². The summed E-state index contributed by atoms with van der Waals surface area (Å²) in [6, 6.07) is 9.24. The molecule has 0 aliphatic heterocycles. The predicted molar refractivity (Wildman–Crippen MR) is 92.3 cm³/mol. The van der Waals surface area contributed by atoms with Gasteiger partial charge in [-0.15, -0.1) is 0 Å². The summed E-state index contributed by atoms with van der Waals surface area (Å²) < 4.78 is 24.4. The van der Waals surface area contributed by atoms with Crippen molar-refractivity contribution < 1.29 is 18.4 Å². The van der Waals surface area contributed by atoms with Crippen LogP contribution in [0.1, 0.15) is 46.0 Å². The summed E-state index contributed by atoms with van der Waals surface area (Å²) >= 11 is 0. The minimum Gasteiger partial charge on any atom is -0.327 e. The molecule has 1 unspecified atom stereocenters. The van der Waals surface area contributed by atoms with Crippen LogP contribution in [0.25, 0.3) is 0 Å². The normalized spacial score (nSPS) is 13.7. The lowest BCUT2D eigenvalue weighted by Crippen LogP contribution is -2.39. The molecule has 0 N–H and O–H groups in total. The number of carbonyl (C=O) groups is 1. The van der Waals surface area contributed by atoms with E-state index < -0.39 is 18.8 Å². The molecule has 1 aromatic rings. The average Bonchev–Trinajstić information content (AvgIpc) is 2.47. The van der Waals surface area contributed by atoms with Crippen LogP contribution in [-0.4, -0.2) is 31.1 Å². The van der Waals surface area contributed by atoms with Gasteiger partial charge in [-0.3, -0.25) is 9.36 Å². The molecule has 1 amide bonds. The predicted octanol–water partition coefficient (Wildman–Crippen LogP) is 4.46. The third kappa shape index (κ3) is 4.90. The van der Waals surface area contributed by atoms with Crippen molar-refractivity contribution in [3.63, 3.8) is 0 Å². The number of hydrogen-bond donors (Lipinski definition) is 0. The van der Waals surface area contributed by atoms with Crippen molar-refractivity contribution in [2.75, 3.05) is 20.3 Å². The van der Waals surface area contributed by atoms with E-state index in [-0.39, 0.29) is 19.1 Å². The largest absolute Gasteiger partial charge is 0.357 e. The topological polar surface area (TPSA) is 55.8 Å². The van der Waals surface area contributed by atoms with Gasteiger partial charge >= 0.3 is 7.60 Å². The SMILES string of the molecule is CCOP(=O)(OCC)C(c1ccccc1)N(C)C(=O)C(C)(C)C. The van der Waals surface area contributed by atoms with E-state index in [2.05, 4.69) is 0 Å². The maximum absolute atomic E-state index is 13.3. The van der Waals surface area contributed by atoms with Crippen molar-refractivity contribution in [2.24, 2.45) is 5.41 Å². The zero-order valence-electron chi connectivity index (χ0n) is 14.9. The molecule has 23 heavy (non-hydrogen) atoms. The fraction of sp³-hybridized carbons (Fsp3) is 0.588. The Balaban J connectivity index is 3.38. The molecule has 0 saturated carbocycles. The van der Waals surface area contributed by atoms with E-state index >= 15 is 0 Å². The van der Waals surface area contributed by atoms with Crippen molar-refractivity contribution in [2.45, 2.75) is 40.4 Å². The fourth-order valence-electron chi connectivity index (χ4n) is 2.42. The number of rotatable bonds is 7. The van der Waals surface area contributed by atoms with Gasteiger partial charge in [0.1, 0.15) is 0 Å². The molecule has 0 saturated heterocycles. The van der Waals surface area contributed by atoms with Gasteiger partial charge in [0, 0.05) is 12.5 Å². The smallest absolute Gasteiger partial charge is 0.327 e.